The summed E-state index contributed by atoms with van der Waals surface area (Å²) in [7, 11) is 0. The largest absolute Gasteiger partial charge is 0.348 e. The molecule has 148 valence electrons. The molecule has 0 spiro atoms. The predicted molar refractivity (Wildman–Crippen MR) is 118 cm³/mol. The van der Waals surface area contributed by atoms with Crippen LogP contribution < -0.4 is 4.90 Å². The van der Waals surface area contributed by atoms with Gasteiger partial charge in [0.05, 0.1) is 16.3 Å². The van der Waals surface area contributed by atoms with E-state index in [4.69, 9.17) is 10.2 Å². The van der Waals surface area contributed by atoms with Crippen LogP contribution in [0.15, 0.2) is 36.5 Å². The third-order valence-electron chi connectivity index (χ3n) is 6.20. The first-order valence-electron chi connectivity index (χ1n) is 10.6. The van der Waals surface area contributed by atoms with E-state index in [-0.39, 0.29) is 0 Å². The molecule has 6 heteroatoms. The van der Waals surface area contributed by atoms with E-state index in [9.17, 15) is 0 Å². The minimum absolute atomic E-state index is 0.671. The number of nitriles is 1. The summed E-state index contributed by atoms with van der Waals surface area (Å²) in [6.45, 7) is 4.73. The van der Waals surface area contributed by atoms with Gasteiger partial charge >= 0.3 is 0 Å². The Hall–Kier alpha value is -2.49. The predicted octanol–water partition coefficient (Wildman–Crippen LogP) is 4.68. The summed E-state index contributed by atoms with van der Waals surface area (Å²) in [5.74, 6) is 0. The van der Waals surface area contributed by atoms with Crippen molar-refractivity contribution < 1.29 is 0 Å². The zero-order chi connectivity index (χ0) is 19.6. The molecule has 4 heterocycles. The van der Waals surface area contributed by atoms with Gasteiger partial charge < -0.3 is 9.80 Å². The Labute approximate surface area is 175 Å². The highest BCUT2D eigenvalue weighted by atomic mass is 32.1. The monoisotopic (exact) mass is 403 g/mol. The van der Waals surface area contributed by atoms with Crippen molar-refractivity contribution >= 4 is 26.8 Å². The summed E-state index contributed by atoms with van der Waals surface area (Å²) in [6, 6.07) is 12.8. The summed E-state index contributed by atoms with van der Waals surface area (Å²) < 4.78 is 1.11. The van der Waals surface area contributed by atoms with E-state index in [0.29, 0.717) is 5.56 Å². The second-order valence-corrected chi connectivity index (χ2v) is 9.06. The van der Waals surface area contributed by atoms with E-state index in [1.165, 1.54) is 45.2 Å². The number of fused-ring (bicyclic) bond motifs is 1. The average Bonchev–Trinajstić information content (AvgIpc) is 3.23. The van der Waals surface area contributed by atoms with Gasteiger partial charge in [-0.1, -0.05) is 29.9 Å². The maximum absolute atomic E-state index is 9.15. The second-order valence-electron chi connectivity index (χ2n) is 8.05. The van der Waals surface area contributed by atoms with Crippen LogP contribution in [-0.4, -0.2) is 47.1 Å². The van der Waals surface area contributed by atoms with Crippen LogP contribution in [0, 0.1) is 11.3 Å². The van der Waals surface area contributed by atoms with Gasteiger partial charge in [0.2, 0.25) is 0 Å². The van der Waals surface area contributed by atoms with Crippen molar-refractivity contribution in [3.05, 3.63) is 42.1 Å². The Balaban J connectivity index is 1.32. The third kappa shape index (κ3) is 3.85. The number of pyridine rings is 1. The molecule has 2 aliphatic heterocycles. The lowest BCUT2D eigenvalue weighted by Crippen LogP contribution is -2.46. The Bertz CT molecular complexity index is 1040. The molecule has 0 radical (unpaired) electrons. The van der Waals surface area contributed by atoms with Gasteiger partial charge in [0.25, 0.3) is 0 Å². The number of rotatable bonds is 3. The number of hydrogen-bond acceptors (Lipinski definition) is 6. The minimum atomic E-state index is 0.671. The summed E-state index contributed by atoms with van der Waals surface area (Å²) in [5, 5.41) is 10.2. The van der Waals surface area contributed by atoms with E-state index in [1.807, 2.05) is 30.5 Å². The van der Waals surface area contributed by atoms with Crippen LogP contribution in [0.2, 0.25) is 0 Å². The zero-order valence-corrected chi connectivity index (χ0v) is 17.4. The molecule has 0 amide bonds. The quantitative estimate of drug-likeness (QED) is 0.635. The number of aromatic nitrogens is 2. The Morgan fingerprint density at radius 3 is 2.62 bits per heavy atom. The van der Waals surface area contributed by atoms with Gasteiger partial charge in [-0.15, -0.1) is 0 Å². The van der Waals surface area contributed by atoms with Crippen LogP contribution in [0.25, 0.3) is 21.5 Å². The second kappa shape index (κ2) is 8.10. The van der Waals surface area contributed by atoms with Crippen molar-refractivity contribution in [2.24, 2.45) is 0 Å². The third-order valence-corrected chi connectivity index (χ3v) is 7.26. The molecule has 0 unspecified atom stereocenters. The van der Waals surface area contributed by atoms with Crippen LogP contribution in [0.4, 0.5) is 5.13 Å². The molecule has 2 saturated heterocycles. The number of hydrogen-bond donors (Lipinski definition) is 0. The molecule has 0 saturated carbocycles. The number of anilines is 1. The van der Waals surface area contributed by atoms with Crippen LogP contribution >= 0.6 is 11.3 Å². The van der Waals surface area contributed by atoms with Gasteiger partial charge in [-0.3, -0.25) is 0 Å². The molecule has 0 N–H and O–H groups in total. The molecule has 2 aromatic heterocycles. The molecular weight excluding hydrogens is 378 g/mol. The first kappa shape index (κ1) is 18.5. The standard InChI is InChI=1S/C23H25N5S/c24-15-17-5-4-6-18(13-17)19-14-21-22(25-16-19)26-23(29-21)28-11-7-20(8-12-28)27-9-2-1-3-10-27/h4-6,13-14,16,20H,1-3,7-12H2. The maximum atomic E-state index is 9.15. The molecule has 5 rings (SSSR count). The fourth-order valence-electron chi connectivity index (χ4n) is 4.58. The summed E-state index contributed by atoms with van der Waals surface area (Å²) >= 11 is 1.73. The van der Waals surface area contributed by atoms with Crippen LogP contribution in [0.3, 0.4) is 0 Å². The lowest BCUT2D eigenvalue weighted by Gasteiger charge is -2.40. The highest BCUT2D eigenvalue weighted by Gasteiger charge is 2.27. The van der Waals surface area contributed by atoms with Crippen molar-refractivity contribution in [2.45, 2.75) is 38.1 Å². The molecule has 0 aliphatic carbocycles. The SMILES string of the molecule is N#Cc1cccc(-c2cnc3nc(N4CCC(N5CCCCC5)CC4)sc3c2)c1. The Morgan fingerprint density at radius 2 is 1.83 bits per heavy atom. The average molecular weight is 404 g/mol. The van der Waals surface area contributed by atoms with Crippen molar-refractivity contribution in [3.8, 4) is 17.2 Å². The minimum Gasteiger partial charge on any atom is -0.348 e. The first-order valence-corrected chi connectivity index (χ1v) is 11.4. The van der Waals surface area contributed by atoms with Gasteiger partial charge in [-0.2, -0.15) is 10.2 Å². The van der Waals surface area contributed by atoms with E-state index in [1.54, 1.807) is 11.3 Å². The highest BCUT2D eigenvalue weighted by molar-refractivity contribution is 7.22. The van der Waals surface area contributed by atoms with Gasteiger partial charge in [-0.25, -0.2) is 4.98 Å². The highest BCUT2D eigenvalue weighted by Crippen LogP contribution is 2.33. The number of likely N-dealkylation sites (tertiary alicyclic amines) is 1. The summed E-state index contributed by atoms with van der Waals surface area (Å²) in [5.41, 5.74) is 3.55. The summed E-state index contributed by atoms with van der Waals surface area (Å²) in [6.07, 6.45) is 8.46. The number of benzene rings is 1. The van der Waals surface area contributed by atoms with E-state index in [2.05, 4.69) is 26.9 Å². The first-order chi connectivity index (χ1) is 14.3. The molecule has 0 atom stereocenters. The molecule has 5 nitrogen and oxygen atoms in total. The normalized spacial score (nSPS) is 18.8. The molecule has 1 aromatic carbocycles. The summed E-state index contributed by atoms with van der Waals surface area (Å²) in [4.78, 5) is 14.6. The molecular formula is C23H25N5S. The smallest absolute Gasteiger partial charge is 0.188 e. The van der Waals surface area contributed by atoms with Crippen molar-refractivity contribution in [2.75, 3.05) is 31.1 Å². The topological polar surface area (TPSA) is 56.1 Å². The molecule has 29 heavy (non-hydrogen) atoms. The number of thiazole rings is 1. The van der Waals surface area contributed by atoms with Crippen molar-refractivity contribution in [1.29, 1.82) is 5.26 Å². The van der Waals surface area contributed by atoms with Crippen LogP contribution in [0.1, 0.15) is 37.7 Å². The van der Waals surface area contributed by atoms with Gasteiger partial charge in [0.15, 0.2) is 10.8 Å². The fourth-order valence-corrected chi connectivity index (χ4v) is 5.59. The number of piperidine rings is 2. The lowest BCUT2D eigenvalue weighted by molar-refractivity contribution is 0.141. The molecule has 2 fully saturated rings. The van der Waals surface area contributed by atoms with E-state index < -0.39 is 0 Å². The van der Waals surface area contributed by atoms with Crippen molar-refractivity contribution in [3.63, 3.8) is 0 Å². The van der Waals surface area contributed by atoms with Crippen molar-refractivity contribution in [1.82, 2.24) is 14.9 Å². The number of nitrogens with zero attached hydrogens (tertiary/aromatic N) is 5. The Kier molecular flexibility index (Phi) is 5.17. The molecule has 2 aliphatic rings. The lowest BCUT2D eigenvalue weighted by atomic mass is 10.0. The molecule has 3 aromatic rings. The van der Waals surface area contributed by atoms with E-state index in [0.717, 1.165) is 45.7 Å². The van der Waals surface area contributed by atoms with Gasteiger partial charge in [0, 0.05) is 30.9 Å². The van der Waals surface area contributed by atoms with Crippen LogP contribution in [-0.2, 0) is 0 Å². The van der Waals surface area contributed by atoms with Crippen LogP contribution in [0.5, 0.6) is 0 Å². The van der Waals surface area contributed by atoms with Gasteiger partial charge in [0.1, 0.15) is 0 Å². The molecule has 0 bridgehead atoms. The fraction of sp³-hybridized carbons (Fsp3) is 0.435. The van der Waals surface area contributed by atoms with Gasteiger partial charge in [-0.05, 0) is 62.5 Å². The Morgan fingerprint density at radius 1 is 1.00 bits per heavy atom. The maximum Gasteiger partial charge on any atom is 0.188 e. The van der Waals surface area contributed by atoms with E-state index >= 15 is 0 Å². The zero-order valence-electron chi connectivity index (χ0n) is 16.5.